The Kier molecular flexibility index (Phi) is 6.74. The minimum atomic E-state index is -0.525. The summed E-state index contributed by atoms with van der Waals surface area (Å²) >= 11 is 1.04. The molecule has 0 heterocycles. The molecule has 0 N–H and O–H groups in total. The normalized spacial score (nSPS) is 10.2. The van der Waals surface area contributed by atoms with Crippen LogP contribution in [0.4, 0.5) is 5.69 Å². The number of thioether (sulfide) groups is 1. The summed E-state index contributed by atoms with van der Waals surface area (Å²) < 4.78 is 10.4. The fraction of sp³-hybridized carbons (Fsp3) is 0.222. The second-order valence-electron chi connectivity index (χ2n) is 5.26. The van der Waals surface area contributed by atoms with Gasteiger partial charge in [0, 0.05) is 17.2 Å². The minimum Gasteiger partial charge on any atom is -0.496 e. The molecule has 0 saturated heterocycles. The highest BCUT2D eigenvalue weighted by atomic mass is 32.2. The van der Waals surface area contributed by atoms with Crippen LogP contribution in [0.15, 0.2) is 47.4 Å². The summed E-state index contributed by atoms with van der Waals surface area (Å²) in [5.74, 6) is -0.190. The van der Waals surface area contributed by atoms with E-state index < -0.39 is 10.9 Å². The second kappa shape index (κ2) is 9.00. The fourth-order valence-corrected chi connectivity index (χ4v) is 3.00. The van der Waals surface area contributed by atoms with Crippen molar-refractivity contribution in [2.75, 3.05) is 12.9 Å². The van der Waals surface area contributed by atoms with Crippen LogP contribution in [0.25, 0.3) is 0 Å². The minimum absolute atomic E-state index is 0.0545. The Morgan fingerprint density at radius 1 is 1.19 bits per heavy atom. The van der Waals surface area contributed by atoms with Gasteiger partial charge in [0.2, 0.25) is 0 Å². The van der Waals surface area contributed by atoms with Gasteiger partial charge in [-0.1, -0.05) is 12.1 Å². The molecule has 0 amide bonds. The lowest BCUT2D eigenvalue weighted by molar-refractivity contribution is -0.387. The van der Waals surface area contributed by atoms with Crippen LogP contribution >= 0.6 is 11.8 Å². The molecule has 0 aliphatic carbocycles. The molecule has 0 atom stereocenters. The first-order valence-electron chi connectivity index (χ1n) is 7.62. The van der Waals surface area contributed by atoms with E-state index >= 15 is 0 Å². The highest BCUT2D eigenvalue weighted by Gasteiger charge is 2.15. The number of ether oxygens (including phenoxy) is 2. The van der Waals surface area contributed by atoms with E-state index in [1.54, 1.807) is 36.4 Å². The van der Waals surface area contributed by atoms with Crippen LogP contribution in [0.5, 0.6) is 5.75 Å². The average Bonchev–Trinajstić information content (AvgIpc) is 2.64. The summed E-state index contributed by atoms with van der Waals surface area (Å²) in [6, 6.07) is 11.1. The number of carbonyl (C=O) groups excluding carboxylic acids is 2. The summed E-state index contributed by atoms with van der Waals surface area (Å²) in [5.41, 5.74) is 1.01. The summed E-state index contributed by atoms with van der Waals surface area (Å²) in [6.07, 6.45) is 0. The molecule has 2 aromatic rings. The maximum absolute atomic E-state index is 12.0. The van der Waals surface area contributed by atoms with Crippen molar-refractivity contribution < 1.29 is 24.0 Å². The monoisotopic (exact) mass is 375 g/mol. The molecule has 7 nitrogen and oxygen atoms in total. The first-order valence-corrected chi connectivity index (χ1v) is 8.60. The van der Waals surface area contributed by atoms with Gasteiger partial charge >= 0.3 is 5.97 Å². The van der Waals surface area contributed by atoms with Gasteiger partial charge in [-0.25, -0.2) is 0 Å². The lowest BCUT2D eigenvalue weighted by atomic mass is 10.1. The van der Waals surface area contributed by atoms with Crippen molar-refractivity contribution >= 4 is 29.2 Å². The molecule has 2 aromatic carbocycles. The third-order valence-electron chi connectivity index (χ3n) is 3.48. The van der Waals surface area contributed by atoms with Crippen LogP contribution in [0, 0.1) is 10.1 Å². The first kappa shape index (κ1) is 19.5. The number of carbonyl (C=O) groups is 2. The molecule has 26 heavy (non-hydrogen) atoms. The predicted octanol–water partition coefficient (Wildman–Crippen LogP) is 3.64. The van der Waals surface area contributed by atoms with Gasteiger partial charge in [0.25, 0.3) is 5.69 Å². The van der Waals surface area contributed by atoms with Crippen molar-refractivity contribution in [3.63, 3.8) is 0 Å². The van der Waals surface area contributed by atoms with Gasteiger partial charge in [-0.05, 0) is 31.2 Å². The zero-order valence-corrected chi connectivity index (χ0v) is 15.1. The third kappa shape index (κ3) is 5.06. The van der Waals surface area contributed by atoms with Gasteiger partial charge in [0.05, 0.1) is 22.7 Å². The van der Waals surface area contributed by atoms with Gasteiger partial charge in [0.15, 0.2) is 5.78 Å². The Hall–Kier alpha value is -2.87. The maximum Gasteiger partial charge on any atom is 0.316 e. The number of rotatable bonds is 8. The molecule has 0 fully saturated rings. The van der Waals surface area contributed by atoms with Gasteiger partial charge in [-0.2, -0.15) is 0 Å². The van der Waals surface area contributed by atoms with Crippen molar-refractivity contribution in [1.82, 2.24) is 0 Å². The molecule has 0 bridgehead atoms. The quantitative estimate of drug-likeness (QED) is 0.228. The van der Waals surface area contributed by atoms with E-state index in [0.29, 0.717) is 21.8 Å². The number of Topliss-reactive ketones (excluding diaryl/α,β-unsaturated/α-hetero) is 1. The summed E-state index contributed by atoms with van der Waals surface area (Å²) in [5, 5.41) is 11.0. The summed E-state index contributed by atoms with van der Waals surface area (Å²) in [7, 11) is 1.48. The van der Waals surface area contributed by atoms with Crippen molar-refractivity contribution in [3.8, 4) is 5.75 Å². The zero-order chi connectivity index (χ0) is 19.1. The van der Waals surface area contributed by atoms with Crippen LogP contribution in [0.3, 0.4) is 0 Å². The number of hydrogen-bond donors (Lipinski definition) is 0. The molecule has 0 aliphatic rings. The van der Waals surface area contributed by atoms with Crippen LogP contribution in [-0.2, 0) is 16.1 Å². The van der Waals surface area contributed by atoms with E-state index in [0.717, 1.165) is 11.8 Å². The molecule has 0 spiro atoms. The largest absolute Gasteiger partial charge is 0.496 e. The van der Waals surface area contributed by atoms with E-state index in [9.17, 15) is 19.7 Å². The highest BCUT2D eigenvalue weighted by molar-refractivity contribution is 8.00. The predicted molar refractivity (Wildman–Crippen MR) is 96.6 cm³/mol. The maximum atomic E-state index is 12.0. The molecule has 0 radical (unpaired) electrons. The SMILES string of the molecule is COc1ccc(C(C)=O)cc1COC(=O)CSc1ccccc1[N+](=O)[O-]. The number of nitro benzene ring substituents is 1. The Labute approximate surface area is 154 Å². The van der Waals surface area contributed by atoms with Crippen molar-refractivity contribution in [1.29, 1.82) is 0 Å². The lowest BCUT2D eigenvalue weighted by Gasteiger charge is -2.10. The van der Waals surface area contributed by atoms with Gasteiger partial charge in [-0.3, -0.25) is 19.7 Å². The second-order valence-corrected chi connectivity index (χ2v) is 6.27. The van der Waals surface area contributed by atoms with E-state index in [4.69, 9.17) is 9.47 Å². The van der Waals surface area contributed by atoms with E-state index in [1.165, 1.54) is 20.1 Å². The topological polar surface area (TPSA) is 95.7 Å². The number of methoxy groups -OCH3 is 1. The van der Waals surface area contributed by atoms with E-state index in [-0.39, 0.29) is 23.8 Å². The van der Waals surface area contributed by atoms with Gasteiger partial charge in [0.1, 0.15) is 12.4 Å². The Balaban J connectivity index is 1.98. The summed E-state index contributed by atoms with van der Waals surface area (Å²) in [4.78, 5) is 34.3. The first-order chi connectivity index (χ1) is 12.4. The number of para-hydroxylation sites is 1. The van der Waals surface area contributed by atoms with Crippen molar-refractivity contribution in [3.05, 3.63) is 63.7 Å². The van der Waals surface area contributed by atoms with Crippen LogP contribution in [-0.4, -0.2) is 29.5 Å². The van der Waals surface area contributed by atoms with E-state index in [2.05, 4.69) is 0 Å². The van der Waals surface area contributed by atoms with Gasteiger partial charge in [-0.15, -0.1) is 11.8 Å². The van der Waals surface area contributed by atoms with Crippen molar-refractivity contribution in [2.45, 2.75) is 18.4 Å². The standard InChI is InChI=1S/C18H17NO6S/c1-12(20)13-7-8-16(24-2)14(9-13)10-25-18(21)11-26-17-6-4-3-5-15(17)19(22)23/h3-9H,10-11H2,1-2H3. The smallest absolute Gasteiger partial charge is 0.316 e. The zero-order valence-electron chi connectivity index (χ0n) is 14.3. The van der Waals surface area contributed by atoms with Crippen LogP contribution in [0.1, 0.15) is 22.8 Å². The summed E-state index contributed by atoms with van der Waals surface area (Å²) in [6.45, 7) is 1.39. The molecular weight excluding hydrogens is 358 g/mol. The molecular formula is C18H17NO6S. The lowest BCUT2D eigenvalue weighted by Crippen LogP contribution is -2.09. The molecule has 2 rings (SSSR count). The Morgan fingerprint density at radius 2 is 1.92 bits per heavy atom. The van der Waals surface area contributed by atoms with Crippen LogP contribution in [0.2, 0.25) is 0 Å². The Bertz CT molecular complexity index is 836. The number of nitro groups is 1. The number of hydrogen-bond acceptors (Lipinski definition) is 7. The number of esters is 1. The van der Waals surface area contributed by atoms with Gasteiger partial charge < -0.3 is 9.47 Å². The molecule has 136 valence electrons. The Morgan fingerprint density at radius 3 is 2.58 bits per heavy atom. The van der Waals surface area contributed by atoms with E-state index in [1.807, 2.05) is 0 Å². The molecule has 0 unspecified atom stereocenters. The van der Waals surface area contributed by atoms with Crippen molar-refractivity contribution in [2.24, 2.45) is 0 Å². The molecule has 0 saturated carbocycles. The average molecular weight is 375 g/mol. The molecule has 0 aliphatic heterocycles. The molecule has 0 aromatic heterocycles. The number of ketones is 1. The number of nitrogens with zero attached hydrogens (tertiary/aromatic N) is 1. The number of benzene rings is 2. The fourth-order valence-electron chi connectivity index (χ4n) is 2.18. The molecule has 8 heteroatoms. The third-order valence-corrected chi connectivity index (χ3v) is 4.52. The van der Waals surface area contributed by atoms with Crippen LogP contribution < -0.4 is 4.74 Å². The highest BCUT2D eigenvalue weighted by Crippen LogP contribution is 2.29.